The summed E-state index contributed by atoms with van der Waals surface area (Å²) >= 11 is 0. The van der Waals surface area contributed by atoms with E-state index in [1.54, 1.807) is 0 Å². The van der Waals surface area contributed by atoms with Crippen molar-refractivity contribution in [3.8, 4) is 0 Å². The van der Waals surface area contributed by atoms with Crippen molar-refractivity contribution in [3.05, 3.63) is 0 Å². The topological polar surface area (TPSA) is 58.4 Å². The molecular formula is C12H23N3O. The molecule has 4 nitrogen and oxygen atoms in total. The Morgan fingerprint density at radius 1 is 1.56 bits per heavy atom. The highest BCUT2D eigenvalue weighted by atomic mass is 16.1. The molecule has 16 heavy (non-hydrogen) atoms. The van der Waals surface area contributed by atoms with Crippen molar-refractivity contribution in [2.45, 2.75) is 50.6 Å². The van der Waals surface area contributed by atoms with Crippen LogP contribution in [0.5, 0.6) is 0 Å². The summed E-state index contributed by atoms with van der Waals surface area (Å²) in [5, 5.41) is 3.40. The van der Waals surface area contributed by atoms with Crippen LogP contribution in [0.1, 0.15) is 39.0 Å². The smallest absolute Gasteiger partial charge is 0.237 e. The summed E-state index contributed by atoms with van der Waals surface area (Å²) in [4.78, 5) is 14.2. The zero-order valence-corrected chi connectivity index (χ0v) is 10.2. The lowest BCUT2D eigenvalue weighted by molar-refractivity contribution is -0.127. The van der Waals surface area contributed by atoms with Crippen molar-refractivity contribution in [1.29, 1.82) is 0 Å². The molecule has 3 N–H and O–H groups in total. The van der Waals surface area contributed by atoms with E-state index in [2.05, 4.69) is 17.1 Å². The zero-order chi connectivity index (χ0) is 11.6. The van der Waals surface area contributed by atoms with Gasteiger partial charge in [-0.2, -0.15) is 0 Å². The summed E-state index contributed by atoms with van der Waals surface area (Å²) < 4.78 is 0. The number of fused-ring (bicyclic) bond motifs is 1. The van der Waals surface area contributed by atoms with Crippen LogP contribution in [0.3, 0.4) is 0 Å². The second kappa shape index (κ2) is 4.72. The first kappa shape index (κ1) is 11.9. The fraction of sp³-hybridized carbons (Fsp3) is 0.917. The molecule has 2 aliphatic rings. The Hall–Kier alpha value is -0.610. The number of rotatable bonds is 4. The monoisotopic (exact) mass is 225 g/mol. The summed E-state index contributed by atoms with van der Waals surface area (Å²) in [5.41, 5.74) is 5.18. The van der Waals surface area contributed by atoms with Gasteiger partial charge in [-0.15, -0.1) is 0 Å². The van der Waals surface area contributed by atoms with Gasteiger partial charge >= 0.3 is 0 Å². The highest BCUT2D eigenvalue weighted by molar-refractivity contribution is 5.85. The summed E-state index contributed by atoms with van der Waals surface area (Å²) in [7, 11) is 0. The molecule has 4 heteroatoms. The SMILES string of the molecule is CCCNC1(C(N)=O)CCN2CCCC2C1. The van der Waals surface area contributed by atoms with Crippen LogP contribution in [0.15, 0.2) is 0 Å². The molecular weight excluding hydrogens is 202 g/mol. The quantitative estimate of drug-likeness (QED) is 0.731. The molecule has 0 radical (unpaired) electrons. The van der Waals surface area contributed by atoms with Crippen LogP contribution >= 0.6 is 0 Å². The normalized spacial score (nSPS) is 34.9. The minimum absolute atomic E-state index is 0.160. The number of hydrogen-bond donors (Lipinski definition) is 2. The molecule has 1 amide bonds. The average molecular weight is 225 g/mol. The Morgan fingerprint density at radius 3 is 3.06 bits per heavy atom. The largest absolute Gasteiger partial charge is 0.368 e. The molecule has 2 rings (SSSR count). The van der Waals surface area contributed by atoms with E-state index in [0.29, 0.717) is 6.04 Å². The molecule has 0 bridgehead atoms. The van der Waals surface area contributed by atoms with Gasteiger partial charge in [0, 0.05) is 12.6 Å². The van der Waals surface area contributed by atoms with Crippen molar-refractivity contribution in [2.75, 3.05) is 19.6 Å². The molecule has 0 spiro atoms. The van der Waals surface area contributed by atoms with E-state index >= 15 is 0 Å². The maximum absolute atomic E-state index is 11.7. The van der Waals surface area contributed by atoms with Gasteiger partial charge in [-0.3, -0.25) is 4.79 Å². The number of piperidine rings is 1. The molecule has 2 unspecified atom stereocenters. The predicted octanol–water partition coefficient (Wildman–Crippen LogP) is 0.468. The maximum atomic E-state index is 11.7. The van der Waals surface area contributed by atoms with Crippen LogP contribution in [0.4, 0.5) is 0 Å². The zero-order valence-electron chi connectivity index (χ0n) is 10.2. The maximum Gasteiger partial charge on any atom is 0.237 e. The van der Waals surface area contributed by atoms with Gasteiger partial charge in [0.05, 0.1) is 0 Å². The lowest BCUT2D eigenvalue weighted by atomic mass is 9.82. The number of nitrogens with one attached hydrogen (secondary N) is 1. The molecule has 2 fully saturated rings. The van der Waals surface area contributed by atoms with Crippen molar-refractivity contribution in [3.63, 3.8) is 0 Å². The van der Waals surface area contributed by atoms with Crippen LogP contribution in [0.25, 0.3) is 0 Å². The summed E-state index contributed by atoms with van der Waals surface area (Å²) in [6, 6.07) is 0.575. The summed E-state index contributed by atoms with van der Waals surface area (Å²) in [5.74, 6) is -0.160. The molecule has 0 aromatic rings. The lowest BCUT2D eigenvalue weighted by Gasteiger charge is -2.42. The molecule has 2 aliphatic heterocycles. The molecule has 92 valence electrons. The van der Waals surface area contributed by atoms with E-state index in [9.17, 15) is 4.79 Å². The fourth-order valence-electron chi connectivity index (χ4n) is 3.10. The van der Waals surface area contributed by atoms with Gasteiger partial charge in [0.1, 0.15) is 5.54 Å². The summed E-state index contributed by atoms with van der Waals surface area (Å²) in [6.45, 7) is 5.22. The minimum Gasteiger partial charge on any atom is -0.368 e. The molecule has 0 aromatic heterocycles. The number of nitrogens with two attached hydrogens (primary N) is 1. The second-order valence-electron chi connectivity index (χ2n) is 5.16. The van der Waals surface area contributed by atoms with Gasteiger partial charge in [-0.1, -0.05) is 6.92 Å². The van der Waals surface area contributed by atoms with Gasteiger partial charge < -0.3 is 16.0 Å². The van der Waals surface area contributed by atoms with Gasteiger partial charge in [0.25, 0.3) is 0 Å². The Balaban J connectivity index is 2.05. The van der Waals surface area contributed by atoms with E-state index in [1.165, 1.54) is 19.4 Å². The highest BCUT2D eigenvalue weighted by Crippen LogP contribution is 2.32. The predicted molar refractivity (Wildman–Crippen MR) is 64.0 cm³/mol. The summed E-state index contributed by atoms with van der Waals surface area (Å²) in [6.07, 6.45) is 5.32. The van der Waals surface area contributed by atoms with Crippen molar-refractivity contribution in [2.24, 2.45) is 5.73 Å². The fourth-order valence-corrected chi connectivity index (χ4v) is 3.10. The van der Waals surface area contributed by atoms with Crippen molar-refractivity contribution < 1.29 is 4.79 Å². The number of amides is 1. The Kier molecular flexibility index (Phi) is 3.50. The lowest BCUT2D eigenvalue weighted by Crippen LogP contribution is -2.62. The first-order valence-corrected chi connectivity index (χ1v) is 6.47. The highest BCUT2D eigenvalue weighted by Gasteiger charge is 2.44. The second-order valence-corrected chi connectivity index (χ2v) is 5.16. The minimum atomic E-state index is -0.429. The van der Waals surface area contributed by atoms with E-state index in [4.69, 9.17) is 5.73 Å². The van der Waals surface area contributed by atoms with E-state index < -0.39 is 5.54 Å². The van der Waals surface area contributed by atoms with E-state index in [1.807, 2.05) is 0 Å². The first-order chi connectivity index (χ1) is 7.68. The van der Waals surface area contributed by atoms with Gasteiger partial charge in [0.15, 0.2) is 0 Å². The Bertz CT molecular complexity index is 269. The van der Waals surface area contributed by atoms with Gasteiger partial charge in [0.2, 0.25) is 5.91 Å². The number of nitrogens with zero attached hydrogens (tertiary/aromatic N) is 1. The molecule has 0 aliphatic carbocycles. The van der Waals surface area contributed by atoms with E-state index in [0.717, 1.165) is 32.4 Å². The number of hydrogen-bond acceptors (Lipinski definition) is 3. The van der Waals surface area contributed by atoms with Gasteiger partial charge in [-0.05, 0) is 45.2 Å². The van der Waals surface area contributed by atoms with Crippen LogP contribution in [0, 0.1) is 0 Å². The number of carbonyl (C=O) groups is 1. The van der Waals surface area contributed by atoms with Gasteiger partial charge in [-0.25, -0.2) is 0 Å². The standard InChI is InChI=1S/C12H23N3O/c1-2-6-14-12(11(13)16)5-8-15-7-3-4-10(15)9-12/h10,14H,2-9H2,1H3,(H2,13,16). The molecule has 2 atom stereocenters. The van der Waals surface area contributed by atoms with Crippen LogP contribution < -0.4 is 11.1 Å². The molecule has 2 saturated heterocycles. The number of carbonyl (C=O) groups excluding carboxylic acids is 1. The Labute approximate surface area is 97.6 Å². The Morgan fingerprint density at radius 2 is 2.38 bits per heavy atom. The first-order valence-electron chi connectivity index (χ1n) is 6.47. The molecule has 2 heterocycles. The third-order valence-corrected chi connectivity index (χ3v) is 4.09. The van der Waals surface area contributed by atoms with Crippen LogP contribution in [0.2, 0.25) is 0 Å². The van der Waals surface area contributed by atoms with Crippen LogP contribution in [-0.4, -0.2) is 42.0 Å². The van der Waals surface area contributed by atoms with Crippen molar-refractivity contribution in [1.82, 2.24) is 10.2 Å². The third-order valence-electron chi connectivity index (χ3n) is 4.09. The van der Waals surface area contributed by atoms with Crippen molar-refractivity contribution >= 4 is 5.91 Å². The molecule has 0 saturated carbocycles. The number of primary amides is 1. The molecule has 0 aromatic carbocycles. The van der Waals surface area contributed by atoms with Crippen LogP contribution in [-0.2, 0) is 4.79 Å². The van der Waals surface area contributed by atoms with E-state index in [-0.39, 0.29) is 5.91 Å². The average Bonchev–Trinajstić information content (AvgIpc) is 2.72. The third kappa shape index (κ3) is 2.09.